The molecule has 25 heavy (non-hydrogen) atoms. The minimum absolute atomic E-state index is 0.538. The first-order valence-electron chi connectivity index (χ1n) is 9.78. The van der Waals surface area contributed by atoms with Crippen molar-refractivity contribution in [1.82, 2.24) is 9.97 Å². The molecule has 0 atom stereocenters. The molecule has 1 aromatic heterocycles. The normalized spacial score (nSPS) is 18.0. The standard InChI is InChI=1S/C21H28N4/c1-2-18-14-20(24-21(22-18)23-19-10-4-3-5-11-19)25-13-12-16-8-6-7-9-17(16)15-25/h6-9,14,19H,2-5,10-13,15H2,1H3,(H,22,23,24). The summed E-state index contributed by atoms with van der Waals surface area (Å²) in [4.78, 5) is 12.0. The molecule has 0 unspecified atom stereocenters. The van der Waals surface area contributed by atoms with E-state index in [1.54, 1.807) is 0 Å². The molecular weight excluding hydrogens is 308 g/mol. The number of aromatic nitrogens is 2. The van der Waals surface area contributed by atoms with Crippen LogP contribution in [0.5, 0.6) is 0 Å². The van der Waals surface area contributed by atoms with Crippen LogP contribution in [-0.4, -0.2) is 22.6 Å². The SMILES string of the molecule is CCc1cc(N2CCc3ccccc3C2)nc(NC2CCCCC2)n1. The topological polar surface area (TPSA) is 41.1 Å². The molecule has 0 spiro atoms. The van der Waals surface area contributed by atoms with Crippen molar-refractivity contribution < 1.29 is 0 Å². The molecule has 4 nitrogen and oxygen atoms in total. The largest absolute Gasteiger partial charge is 0.352 e. The molecule has 2 aromatic rings. The van der Waals surface area contributed by atoms with Crippen molar-refractivity contribution in [3.05, 3.63) is 47.2 Å². The number of nitrogens with one attached hydrogen (secondary N) is 1. The van der Waals surface area contributed by atoms with Gasteiger partial charge in [-0.2, -0.15) is 4.98 Å². The Morgan fingerprint density at radius 3 is 2.68 bits per heavy atom. The first-order chi connectivity index (χ1) is 12.3. The van der Waals surface area contributed by atoms with Gasteiger partial charge in [-0.05, 0) is 36.8 Å². The molecular formula is C21H28N4. The van der Waals surface area contributed by atoms with Gasteiger partial charge in [0, 0.05) is 30.9 Å². The van der Waals surface area contributed by atoms with Gasteiger partial charge in [-0.3, -0.25) is 0 Å². The van der Waals surface area contributed by atoms with Crippen molar-refractivity contribution in [3.8, 4) is 0 Å². The molecule has 132 valence electrons. The third-order valence-corrected chi connectivity index (χ3v) is 5.52. The summed E-state index contributed by atoms with van der Waals surface area (Å²) in [7, 11) is 0. The van der Waals surface area contributed by atoms with Gasteiger partial charge >= 0.3 is 0 Å². The van der Waals surface area contributed by atoms with E-state index in [2.05, 4.69) is 47.5 Å². The van der Waals surface area contributed by atoms with Crippen LogP contribution in [0, 0.1) is 0 Å². The number of aryl methyl sites for hydroxylation is 1. The summed E-state index contributed by atoms with van der Waals surface area (Å²) < 4.78 is 0. The maximum Gasteiger partial charge on any atom is 0.225 e. The Balaban J connectivity index is 1.55. The van der Waals surface area contributed by atoms with Crippen LogP contribution in [0.2, 0.25) is 0 Å². The number of benzene rings is 1. The summed E-state index contributed by atoms with van der Waals surface area (Å²) in [6.07, 6.45) is 8.53. The molecule has 0 amide bonds. The lowest BCUT2D eigenvalue weighted by Gasteiger charge is -2.30. The van der Waals surface area contributed by atoms with Gasteiger partial charge in [0.15, 0.2) is 0 Å². The molecule has 1 saturated carbocycles. The van der Waals surface area contributed by atoms with E-state index in [4.69, 9.17) is 9.97 Å². The van der Waals surface area contributed by atoms with E-state index in [0.717, 1.165) is 43.4 Å². The maximum atomic E-state index is 4.88. The van der Waals surface area contributed by atoms with Gasteiger partial charge in [-0.1, -0.05) is 50.5 Å². The highest BCUT2D eigenvalue weighted by Gasteiger charge is 2.20. The molecule has 0 saturated heterocycles. The lowest BCUT2D eigenvalue weighted by Crippen LogP contribution is -2.31. The van der Waals surface area contributed by atoms with Crippen LogP contribution >= 0.6 is 0 Å². The second kappa shape index (κ2) is 7.42. The molecule has 0 bridgehead atoms. The van der Waals surface area contributed by atoms with E-state index >= 15 is 0 Å². The number of hydrogen-bond acceptors (Lipinski definition) is 4. The highest BCUT2D eigenvalue weighted by atomic mass is 15.2. The number of rotatable bonds is 4. The molecule has 1 aromatic carbocycles. The van der Waals surface area contributed by atoms with E-state index in [1.807, 2.05) is 0 Å². The van der Waals surface area contributed by atoms with Crippen molar-refractivity contribution in [2.45, 2.75) is 64.5 Å². The van der Waals surface area contributed by atoms with Crippen LogP contribution in [-0.2, 0) is 19.4 Å². The lowest BCUT2D eigenvalue weighted by atomic mass is 9.96. The molecule has 1 N–H and O–H groups in total. The average Bonchev–Trinajstić information content (AvgIpc) is 2.68. The number of nitrogens with zero attached hydrogens (tertiary/aromatic N) is 3. The van der Waals surface area contributed by atoms with E-state index in [9.17, 15) is 0 Å². The van der Waals surface area contributed by atoms with Crippen molar-refractivity contribution in [3.63, 3.8) is 0 Å². The molecule has 2 heterocycles. The smallest absolute Gasteiger partial charge is 0.225 e. The first kappa shape index (κ1) is 16.4. The summed E-state index contributed by atoms with van der Waals surface area (Å²) in [5, 5.41) is 3.61. The van der Waals surface area contributed by atoms with E-state index < -0.39 is 0 Å². The molecule has 1 aliphatic heterocycles. The van der Waals surface area contributed by atoms with Crippen LogP contribution in [0.15, 0.2) is 30.3 Å². The van der Waals surface area contributed by atoms with Gasteiger partial charge < -0.3 is 10.2 Å². The van der Waals surface area contributed by atoms with Crippen LogP contribution in [0.4, 0.5) is 11.8 Å². The Labute approximate surface area is 150 Å². The third-order valence-electron chi connectivity index (χ3n) is 5.52. The zero-order valence-electron chi connectivity index (χ0n) is 15.2. The van der Waals surface area contributed by atoms with Crippen molar-refractivity contribution >= 4 is 11.8 Å². The average molecular weight is 336 g/mol. The maximum absolute atomic E-state index is 4.88. The summed E-state index contributed by atoms with van der Waals surface area (Å²) in [6.45, 7) is 4.14. The highest BCUT2D eigenvalue weighted by Crippen LogP contribution is 2.26. The predicted octanol–water partition coefficient (Wildman–Crippen LogP) is 4.35. The lowest BCUT2D eigenvalue weighted by molar-refractivity contribution is 0.460. The van der Waals surface area contributed by atoms with Crippen LogP contribution in [0.3, 0.4) is 0 Å². The molecule has 1 aliphatic carbocycles. The molecule has 4 rings (SSSR count). The van der Waals surface area contributed by atoms with Gasteiger partial charge in [0.2, 0.25) is 5.95 Å². The molecule has 2 aliphatic rings. The number of hydrogen-bond donors (Lipinski definition) is 1. The minimum atomic E-state index is 0.538. The first-order valence-corrected chi connectivity index (χ1v) is 9.78. The fourth-order valence-corrected chi connectivity index (χ4v) is 4.01. The van der Waals surface area contributed by atoms with Gasteiger partial charge in [-0.15, -0.1) is 0 Å². The molecule has 1 fully saturated rings. The van der Waals surface area contributed by atoms with Gasteiger partial charge in [0.25, 0.3) is 0 Å². The van der Waals surface area contributed by atoms with Gasteiger partial charge in [0.05, 0.1) is 0 Å². The van der Waals surface area contributed by atoms with E-state index in [1.165, 1.54) is 43.2 Å². The zero-order valence-corrected chi connectivity index (χ0v) is 15.2. The van der Waals surface area contributed by atoms with Crippen LogP contribution in [0.25, 0.3) is 0 Å². The van der Waals surface area contributed by atoms with Gasteiger partial charge in [0.1, 0.15) is 5.82 Å². The number of anilines is 2. The Morgan fingerprint density at radius 2 is 1.88 bits per heavy atom. The van der Waals surface area contributed by atoms with E-state index in [-0.39, 0.29) is 0 Å². The van der Waals surface area contributed by atoms with Gasteiger partial charge in [-0.25, -0.2) is 4.98 Å². The van der Waals surface area contributed by atoms with Crippen molar-refractivity contribution in [1.29, 1.82) is 0 Å². The highest BCUT2D eigenvalue weighted by molar-refractivity contribution is 5.48. The van der Waals surface area contributed by atoms with Crippen LogP contribution in [0.1, 0.15) is 55.8 Å². The molecule has 4 heteroatoms. The summed E-state index contributed by atoms with van der Waals surface area (Å²) >= 11 is 0. The summed E-state index contributed by atoms with van der Waals surface area (Å²) in [6, 6.07) is 11.5. The summed E-state index contributed by atoms with van der Waals surface area (Å²) in [5.41, 5.74) is 4.03. The fraction of sp³-hybridized carbons (Fsp3) is 0.524. The Hall–Kier alpha value is -2.10. The predicted molar refractivity (Wildman–Crippen MR) is 103 cm³/mol. The number of fused-ring (bicyclic) bond motifs is 1. The summed E-state index contributed by atoms with van der Waals surface area (Å²) in [5.74, 6) is 1.89. The third kappa shape index (κ3) is 3.78. The second-order valence-corrected chi connectivity index (χ2v) is 7.31. The zero-order chi connectivity index (χ0) is 17.1. The Kier molecular flexibility index (Phi) is 4.86. The second-order valence-electron chi connectivity index (χ2n) is 7.31. The quantitative estimate of drug-likeness (QED) is 0.901. The Bertz CT molecular complexity index is 722. The minimum Gasteiger partial charge on any atom is -0.352 e. The van der Waals surface area contributed by atoms with Crippen LogP contribution < -0.4 is 10.2 Å². The van der Waals surface area contributed by atoms with Crippen molar-refractivity contribution in [2.75, 3.05) is 16.8 Å². The monoisotopic (exact) mass is 336 g/mol. The Morgan fingerprint density at radius 1 is 1.08 bits per heavy atom. The van der Waals surface area contributed by atoms with E-state index in [0.29, 0.717) is 6.04 Å². The van der Waals surface area contributed by atoms with Crippen molar-refractivity contribution in [2.24, 2.45) is 0 Å². The molecule has 0 radical (unpaired) electrons. The fourth-order valence-electron chi connectivity index (χ4n) is 4.01.